The molecule has 11 nitrogen and oxygen atoms in total. The van der Waals surface area contributed by atoms with Gasteiger partial charge >= 0.3 is 12.2 Å². The Labute approximate surface area is 191 Å². The number of rotatable bonds is 9. The summed E-state index contributed by atoms with van der Waals surface area (Å²) in [5, 5.41) is 26.6. The Kier molecular flexibility index (Phi) is 8.80. The van der Waals surface area contributed by atoms with E-state index in [0.717, 1.165) is 10.5 Å². The molecule has 0 unspecified atom stereocenters. The van der Waals surface area contributed by atoms with Crippen LogP contribution in [0, 0.1) is 5.92 Å². The van der Waals surface area contributed by atoms with Gasteiger partial charge in [-0.1, -0.05) is 32.6 Å². The minimum atomic E-state index is -1.20. The Bertz CT molecular complexity index is 918. The maximum atomic E-state index is 12.6. The number of nitrogens with zero attached hydrogens (tertiary/aromatic N) is 1. The maximum Gasteiger partial charge on any atom is 0.412 e. The summed E-state index contributed by atoms with van der Waals surface area (Å²) >= 11 is 0. The summed E-state index contributed by atoms with van der Waals surface area (Å²) in [7, 11) is 0. The number of hydrogen-bond acceptors (Lipinski definition) is 6. The predicted octanol–water partition coefficient (Wildman–Crippen LogP) is 1.47. The van der Waals surface area contributed by atoms with E-state index in [0.29, 0.717) is 17.8 Å². The SMILES string of the molecule is C=CCOC(=O)N[C@H](C(=O)N[C@@H](C)C(=O)Nc1ccc2c(c1)N(C(=O)O)[C@H](CO)C2)C(C)C. The molecular weight excluding hydrogens is 432 g/mol. The second kappa shape index (κ2) is 11.3. The number of anilines is 2. The van der Waals surface area contributed by atoms with Crippen molar-refractivity contribution in [2.75, 3.05) is 23.4 Å². The number of ether oxygens (including phenoxy) is 1. The molecule has 0 saturated carbocycles. The molecule has 180 valence electrons. The fourth-order valence-electron chi connectivity index (χ4n) is 3.44. The molecule has 1 aliphatic heterocycles. The number of hydrogen-bond donors (Lipinski definition) is 5. The van der Waals surface area contributed by atoms with Crippen LogP contribution < -0.4 is 20.9 Å². The molecule has 0 radical (unpaired) electrons. The number of alkyl carbamates (subject to hydrolysis) is 1. The van der Waals surface area contributed by atoms with Gasteiger partial charge in [-0.3, -0.25) is 14.5 Å². The molecule has 33 heavy (non-hydrogen) atoms. The minimum Gasteiger partial charge on any atom is -0.465 e. The van der Waals surface area contributed by atoms with Crippen molar-refractivity contribution in [1.82, 2.24) is 10.6 Å². The standard InChI is InChI=1S/C22H30N4O7/c1-5-8-33-21(30)25-18(12(2)3)20(29)23-13(4)19(28)24-15-7-6-14-9-16(11-27)26(22(31)32)17(14)10-15/h5-7,10,12-13,16,18,27H,1,8-9,11H2,2-4H3,(H,23,29)(H,24,28)(H,25,30)(H,31,32)/t13-,16-,18-/m0/s1. The zero-order chi connectivity index (χ0) is 24.7. The van der Waals surface area contributed by atoms with Crippen molar-refractivity contribution in [2.45, 2.75) is 45.3 Å². The average Bonchev–Trinajstić information content (AvgIpc) is 3.13. The third-order valence-corrected chi connectivity index (χ3v) is 5.16. The van der Waals surface area contributed by atoms with Gasteiger partial charge in [0, 0.05) is 5.69 Å². The molecule has 3 atom stereocenters. The van der Waals surface area contributed by atoms with E-state index in [-0.39, 0.29) is 19.1 Å². The lowest BCUT2D eigenvalue weighted by Crippen LogP contribution is -2.53. The number of carbonyl (C=O) groups excluding carboxylic acids is 3. The number of carbonyl (C=O) groups is 4. The first-order valence-corrected chi connectivity index (χ1v) is 10.5. The number of benzene rings is 1. The second-order valence-corrected chi connectivity index (χ2v) is 8.01. The van der Waals surface area contributed by atoms with E-state index in [2.05, 4.69) is 22.5 Å². The van der Waals surface area contributed by atoms with Crippen LogP contribution in [0.1, 0.15) is 26.3 Å². The number of nitrogens with one attached hydrogen (secondary N) is 3. The highest BCUT2D eigenvalue weighted by molar-refractivity contribution is 5.99. The van der Waals surface area contributed by atoms with E-state index >= 15 is 0 Å². The number of carboxylic acid groups (broad SMARTS) is 1. The summed E-state index contributed by atoms with van der Waals surface area (Å²) in [4.78, 5) is 49.7. The average molecular weight is 463 g/mol. The van der Waals surface area contributed by atoms with E-state index in [1.54, 1.807) is 26.0 Å². The first-order valence-electron chi connectivity index (χ1n) is 10.5. The molecular formula is C22H30N4O7. The van der Waals surface area contributed by atoms with Crippen molar-refractivity contribution in [3.8, 4) is 0 Å². The fourth-order valence-corrected chi connectivity index (χ4v) is 3.44. The quantitative estimate of drug-likeness (QED) is 0.348. The lowest BCUT2D eigenvalue weighted by Gasteiger charge is -2.23. The van der Waals surface area contributed by atoms with Gasteiger partial charge in [0.05, 0.1) is 18.3 Å². The fraction of sp³-hybridized carbons (Fsp3) is 0.455. The minimum absolute atomic E-state index is 0.00376. The van der Waals surface area contributed by atoms with Crippen molar-refractivity contribution in [2.24, 2.45) is 5.92 Å². The van der Waals surface area contributed by atoms with Crippen molar-refractivity contribution in [3.05, 3.63) is 36.4 Å². The van der Waals surface area contributed by atoms with Gasteiger partial charge in [0.2, 0.25) is 11.8 Å². The van der Waals surface area contributed by atoms with Crippen LogP contribution in [0.5, 0.6) is 0 Å². The molecule has 0 spiro atoms. The zero-order valence-corrected chi connectivity index (χ0v) is 18.8. The van der Waals surface area contributed by atoms with E-state index in [1.165, 1.54) is 19.1 Å². The molecule has 0 saturated heterocycles. The third kappa shape index (κ3) is 6.45. The van der Waals surface area contributed by atoms with Gasteiger partial charge in [-0.25, -0.2) is 9.59 Å². The van der Waals surface area contributed by atoms with Gasteiger partial charge in [0.15, 0.2) is 0 Å². The highest BCUT2D eigenvalue weighted by Crippen LogP contribution is 2.34. The van der Waals surface area contributed by atoms with Crippen molar-refractivity contribution >= 4 is 35.4 Å². The Balaban J connectivity index is 2.03. The molecule has 11 heteroatoms. The predicted molar refractivity (Wildman–Crippen MR) is 121 cm³/mol. The van der Waals surface area contributed by atoms with Gasteiger partial charge in [0.25, 0.3) is 0 Å². The topological polar surface area (TPSA) is 157 Å². The monoisotopic (exact) mass is 462 g/mol. The maximum absolute atomic E-state index is 12.6. The van der Waals surface area contributed by atoms with Crippen LogP contribution in [0.3, 0.4) is 0 Å². The van der Waals surface area contributed by atoms with Crippen LogP contribution in [0.2, 0.25) is 0 Å². The molecule has 1 aromatic carbocycles. The van der Waals surface area contributed by atoms with Gasteiger partial charge in [-0.15, -0.1) is 0 Å². The van der Waals surface area contributed by atoms with E-state index in [1.807, 2.05) is 0 Å². The van der Waals surface area contributed by atoms with Crippen molar-refractivity contribution in [3.63, 3.8) is 0 Å². The van der Waals surface area contributed by atoms with Gasteiger partial charge in [0.1, 0.15) is 18.7 Å². The summed E-state index contributed by atoms with van der Waals surface area (Å²) in [6.07, 6.45) is -0.203. The zero-order valence-electron chi connectivity index (χ0n) is 18.8. The Morgan fingerprint density at radius 1 is 1.21 bits per heavy atom. The number of amides is 4. The summed E-state index contributed by atoms with van der Waals surface area (Å²) in [5.74, 6) is -1.35. The van der Waals surface area contributed by atoms with Crippen LogP contribution in [0.15, 0.2) is 30.9 Å². The van der Waals surface area contributed by atoms with E-state index < -0.39 is 42.1 Å². The number of aliphatic hydroxyl groups is 1. The highest BCUT2D eigenvalue weighted by atomic mass is 16.5. The molecule has 1 heterocycles. The molecule has 4 amide bonds. The van der Waals surface area contributed by atoms with Crippen molar-refractivity contribution in [1.29, 1.82) is 0 Å². The lowest BCUT2D eigenvalue weighted by molar-refractivity contribution is -0.128. The molecule has 0 bridgehead atoms. The Morgan fingerprint density at radius 3 is 2.48 bits per heavy atom. The first kappa shape index (κ1) is 25.7. The van der Waals surface area contributed by atoms with Crippen LogP contribution >= 0.6 is 0 Å². The van der Waals surface area contributed by atoms with Gasteiger partial charge in [-0.05, 0) is 37.0 Å². The van der Waals surface area contributed by atoms with E-state index in [9.17, 15) is 29.4 Å². The highest BCUT2D eigenvalue weighted by Gasteiger charge is 2.34. The summed E-state index contributed by atoms with van der Waals surface area (Å²) in [5.41, 5.74) is 1.47. The molecule has 0 fully saturated rings. The first-order chi connectivity index (χ1) is 15.6. The lowest BCUT2D eigenvalue weighted by atomic mass is 10.0. The molecule has 2 rings (SSSR count). The van der Waals surface area contributed by atoms with Gasteiger partial charge in [-0.2, -0.15) is 0 Å². The number of fused-ring (bicyclic) bond motifs is 1. The van der Waals surface area contributed by atoms with E-state index in [4.69, 9.17) is 4.74 Å². The molecule has 0 aromatic heterocycles. The molecule has 1 aromatic rings. The molecule has 0 aliphatic carbocycles. The summed E-state index contributed by atoms with van der Waals surface area (Å²) in [6, 6.07) is 2.38. The molecule has 1 aliphatic rings. The Hall–Kier alpha value is -3.60. The Morgan fingerprint density at radius 2 is 1.91 bits per heavy atom. The summed E-state index contributed by atoms with van der Waals surface area (Å²) < 4.78 is 4.84. The second-order valence-electron chi connectivity index (χ2n) is 8.01. The normalized spacial score (nSPS) is 16.4. The van der Waals surface area contributed by atoms with Crippen LogP contribution in [-0.2, 0) is 20.7 Å². The van der Waals surface area contributed by atoms with Crippen LogP contribution in [0.25, 0.3) is 0 Å². The molecule has 5 N–H and O–H groups in total. The number of aliphatic hydroxyl groups excluding tert-OH is 1. The van der Waals surface area contributed by atoms with Crippen LogP contribution in [-0.4, -0.2) is 65.6 Å². The smallest absolute Gasteiger partial charge is 0.412 e. The van der Waals surface area contributed by atoms with Gasteiger partial charge < -0.3 is 30.9 Å². The van der Waals surface area contributed by atoms with Crippen molar-refractivity contribution < 1.29 is 34.1 Å². The summed E-state index contributed by atoms with van der Waals surface area (Å²) in [6.45, 7) is 8.08. The van der Waals surface area contributed by atoms with Crippen LogP contribution in [0.4, 0.5) is 21.0 Å². The largest absolute Gasteiger partial charge is 0.465 e. The third-order valence-electron chi connectivity index (χ3n) is 5.16.